The summed E-state index contributed by atoms with van der Waals surface area (Å²) in [6.45, 7) is 1.96. The summed E-state index contributed by atoms with van der Waals surface area (Å²) in [5.74, 6) is -0.351. The lowest BCUT2D eigenvalue weighted by Crippen LogP contribution is -1.96. The van der Waals surface area contributed by atoms with Gasteiger partial charge in [0.2, 0.25) is 0 Å². The van der Waals surface area contributed by atoms with Crippen LogP contribution in [0, 0.1) is 6.92 Å². The maximum absolute atomic E-state index is 11.2. The van der Waals surface area contributed by atoms with Gasteiger partial charge in [0.1, 0.15) is 9.88 Å². The van der Waals surface area contributed by atoms with Crippen molar-refractivity contribution < 1.29 is 9.53 Å². The highest BCUT2D eigenvalue weighted by Crippen LogP contribution is 2.19. The van der Waals surface area contributed by atoms with E-state index in [1.165, 1.54) is 24.6 Å². The molecule has 0 saturated carbocycles. The first-order valence-corrected chi connectivity index (χ1v) is 6.52. The van der Waals surface area contributed by atoms with E-state index in [4.69, 9.17) is 0 Å². The maximum atomic E-state index is 11.2. The molecule has 0 aromatic carbocycles. The molecule has 0 aliphatic carbocycles. The van der Waals surface area contributed by atoms with Crippen molar-refractivity contribution in [1.29, 1.82) is 0 Å². The Morgan fingerprint density at radius 2 is 2.24 bits per heavy atom. The van der Waals surface area contributed by atoms with Crippen LogP contribution in [0.5, 0.6) is 0 Å². The summed E-state index contributed by atoms with van der Waals surface area (Å²) < 4.78 is 4.62. The van der Waals surface area contributed by atoms with Gasteiger partial charge in [-0.25, -0.2) is 14.8 Å². The molecule has 0 N–H and O–H groups in total. The second-order valence-corrected chi connectivity index (χ2v) is 5.14. The highest BCUT2D eigenvalue weighted by atomic mass is 32.1. The summed E-state index contributed by atoms with van der Waals surface area (Å²) in [5, 5.41) is 0.776. The Balaban J connectivity index is 2.14. The molecular formula is C11H10N2O2S2. The molecule has 0 spiro atoms. The van der Waals surface area contributed by atoms with Gasteiger partial charge in [-0.05, 0) is 19.1 Å². The van der Waals surface area contributed by atoms with Gasteiger partial charge < -0.3 is 4.74 Å². The van der Waals surface area contributed by atoms with E-state index < -0.39 is 0 Å². The summed E-state index contributed by atoms with van der Waals surface area (Å²) in [4.78, 5) is 21.1. The number of thiazole rings is 2. The van der Waals surface area contributed by atoms with Crippen LogP contribution in [0.25, 0.3) is 12.2 Å². The summed E-state index contributed by atoms with van der Waals surface area (Å²) in [6, 6.07) is 0. The molecule has 4 nitrogen and oxygen atoms in total. The SMILES string of the molecule is COC(=O)c1cnc(C=Cc2scnc2C)s1. The number of methoxy groups -OCH3 is 1. The minimum absolute atomic E-state index is 0.351. The molecular weight excluding hydrogens is 256 g/mol. The van der Waals surface area contributed by atoms with Gasteiger partial charge in [0.15, 0.2) is 0 Å². The fourth-order valence-corrected chi connectivity index (χ4v) is 2.61. The summed E-state index contributed by atoms with van der Waals surface area (Å²) in [5.41, 5.74) is 2.80. The predicted octanol–water partition coefficient (Wildman–Crippen LogP) is 2.87. The Morgan fingerprint density at radius 1 is 1.41 bits per heavy atom. The first-order chi connectivity index (χ1) is 8.20. The van der Waals surface area contributed by atoms with Crippen LogP contribution < -0.4 is 0 Å². The van der Waals surface area contributed by atoms with Gasteiger partial charge in [0, 0.05) is 4.88 Å². The largest absolute Gasteiger partial charge is 0.465 e. The van der Waals surface area contributed by atoms with Crippen LogP contribution in [0.15, 0.2) is 11.7 Å². The third kappa shape index (κ3) is 2.78. The van der Waals surface area contributed by atoms with Gasteiger partial charge in [-0.15, -0.1) is 22.7 Å². The van der Waals surface area contributed by atoms with Gasteiger partial charge in [-0.3, -0.25) is 0 Å². The zero-order valence-electron chi connectivity index (χ0n) is 9.34. The Labute approximate surface area is 107 Å². The highest BCUT2D eigenvalue weighted by molar-refractivity contribution is 7.14. The van der Waals surface area contributed by atoms with Gasteiger partial charge in [0.25, 0.3) is 0 Å². The number of aryl methyl sites for hydroxylation is 1. The van der Waals surface area contributed by atoms with Crippen molar-refractivity contribution in [3.05, 3.63) is 32.2 Å². The number of hydrogen-bond donors (Lipinski definition) is 0. The first kappa shape index (κ1) is 11.9. The number of carbonyl (C=O) groups excluding carboxylic acids is 1. The van der Waals surface area contributed by atoms with Crippen molar-refractivity contribution in [3.8, 4) is 0 Å². The van der Waals surface area contributed by atoms with Gasteiger partial charge in [0.05, 0.1) is 24.5 Å². The number of rotatable bonds is 3. The summed E-state index contributed by atoms with van der Waals surface area (Å²) >= 11 is 2.88. The van der Waals surface area contributed by atoms with Crippen molar-refractivity contribution in [1.82, 2.24) is 9.97 Å². The van der Waals surface area contributed by atoms with Crippen LogP contribution in [0.1, 0.15) is 25.3 Å². The van der Waals surface area contributed by atoms with E-state index in [-0.39, 0.29) is 5.97 Å². The van der Waals surface area contributed by atoms with Crippen LogP contribution >= 0.6 is 22.7 Å². The Bertz CT molecular complexity index is 557. The van der Waals surface area contributed by atoms with Gasteiger partial charge in [-0.1, -0.05) is 0 Å². The number of nitrogens with zero attached hydrogens (tertiary/aromatic N) is 2. The van der Waals surface area contributed by atoms with Gasteiger partial charge in [-0.2, -0.15) is 0 Å². The van der Waals surface area contributed by atoms with Crippen LogP contribution in [0.4, 0.5) is 0 Å². The van der Waals surface area contributed by atoms with E-state index in [0.29, 0.717) is 4.88 Å². The molecule has 0 unspecified atom stereocenters. The fraction of sp³-hybridized carbons (Fsp3) is 0.182. The Hall–Kier alpha value is -1.53. The third-order valence-electron chi connectivity index (χ3n) is 2.07. The molecule has 2 rings (SSSR count). The minimum atomic E-state index is -0.351. The molecule has 2 aromatic rings. The maximum Gasteiger partial charge on any atom is 0.349 e. The Morgan fingerprint density at radius 3 is 2.88 bits per heavy atom. The fourth-order valence-electron chi connectivity index (χ4n) is 1.18. The zero-order chi connectivity index (χ0) is 12.3. The van der Waals surface area contributed by atoms with Crippen LogP contribution in [-0.2, 0) is 4.74 Å². The average Bonchev–Trinajstić information content (AvgIpc) is 2.94. The van der Waals surface area contributed by atoms with E-state index >= 15 is 0 Å². The van der Waals surface area contributed by atoms with Crippen molar-refractivity contribution in [2.75, 3.05) is 7.11 Å². The summed E-state index contributed by atoms with van der Waals surface area (Å²) in [7, 11) is 1.36. The van der Waals surface area contributed by atoms with E-state index in [1.54, 1.807) is 16.8 Å². The monoisotopic (exact) mass is 266 g/mol. The number of carbonyl (C=O) groups is 1. The summed E-state index contributed by atoms with van der Waals surface area (Å²) in [6.07, 6.45) is 5.35. The number of esters is 1. The molecule has 0 aliphatic rings. The van der Waals surface area contributed by atoms with Crippen molar-refractivity contribution in [2.24, 2.45) is 0 Å². The van der Waals surface area contributed by atoms with Crippen molar-refractivity contribution in [2.45, 2.75) is 6.92 Å². The van der Waals surface area contributed by atoms with Crippen molar-refractivity contribution in [3.63, 3.8) is 0 Å². The number of ether oxygens (including phenoxy) is 1. The zero-order valence-corrected chi connectivity index (χ0v) is 11.0. The molecule has 2 aromatic heterocycles. The van der Waals surface area contributed by atoms with E-state index in [0.717, 1.165) is 15.6 Å². The van der Waals surface area contributed by atoms with Crippen LogP contribution in [0.2, 0.25) is 0 Å². The van der Waals surface area contributed by atoms with Crippen LogP contribution in [-0.4, -0.2) is 23.0 Å². The molecule has 0 atom stereocenters. The smallest absolute Gasteiger partial charge is 0.349 e. The van der Waals surface area contributed by atoms with Crippen molar-refractivity contribution >= 4 is 40.8 Å². The minimum Gasteiger partial charge on any atom is -0.465 e. The first-order valence-electron chi connectivity index (χ1n) is 4.83. The molecule has 0 saturated heterocycles. The lowest BCUT2D eigenvalue weighted by atomic mass is 10.3. The molecule has 0 bridgehead atoms. The lowest BCUT2D eigenvalue weighted by Gasteiger charge is -1.90. The molecule has 88 valence electrons. The van der Waals surface area contributed by atoms with E-state index in [2.05, 4.69) is 14.7 Å². The second kappa shape index (κ2) is 5.20. The molecule has 0 aliphatic heterocycles. The second-order valence-electron chi connectivity index (χ2n) is 3.19. The number of aromatic nitrogens is 2. The highest BCUT2D eigenvalue weighted by Gasteiger charge is 2.08. The molecule has 6 heteroatoms. The van der Waals surface area contributed by atoms with Crippen LogP contribution in [0.3, 0.4) is 0 Å². The molecule has 0 amide bonds. The van der Waals surface area contributed by atoms with Gasteiger partial charge >= 0.3 is 5.97 Å². The normalized spacial score (nSPS) is 10.9. The number of hydrogen-bond acceptors (Lipinski definition) is 6. The third-order valence-corrected chi connectivity index (χ3v) is 3.91. The topological polar surface area (TPSA) is 52.1 Å². The van der Waals surface area contributed by atoms with E-state index in [1.807, 2.05) is 19.1 Å². The molecule has 0 fully saturated rings. The standard InChI is InChI=1S/C11H10N2O2S2/c1-7-8(16-6-13-7)3-4-10-12-5-9(17-10)11(14)15-2/h3-6H,1-2H3. The predicted molar refractivity (Wildman–Crippen MR) is 69.2 cm³/mol. The molecule has 2 heterocycles. The lowest BCUT2D eigenvalue weighted by molar-refractivity contribution is 0.0606. The molecule has 17 heavy (non-hydrogen) atoms. The average molecular weight is 266 g/mol. The van der Waals surface area contributed by atoms with E-state index in [9.17, 15) is 4.79 Å². The quantitative estimate of drug-likeness (QED) is 0.802. The Kier molecular flexibility index (Phi) is 3.65. The molecule has 0 radical (unpaired) electrons.